The fraction of sp³-hybridized carbons (Fsp3) is 0.0556. The molecule has 0 bridgehead atoms. The molecule has 3 heteroatoms. The second-order valence-corrected chi connectivity index (χ2v) is 4.58. The molecule has 3 aromatic rings. The second-order valence-electron chi connectivity index (χ2n) is 4.58. The number of ether oxygens (including phenoxy) is 2. The molecule has 0 fully saturated rings. The van der Waals surface area contributed by atoms with Gasteiger partial charge in [-0.05, 0) is 55.5 Å². The highest BCUT2D eigenvalue weighted by Gasteiger charge is 2.02. The van der Waals surface area contributed by atoms with E-state index in [1.54, 1.807) is 6.20 Å². The molecular weight excluding hydrogens is 262 g/mol. The van der Waals surface area contributed by atoms with Gasteiger partial charge in [-0.25, -0.2) is 0 Å². The average Bonchev–Trinajstić information content (AvgIpc) is 2.52. The fourth-order valence-electron chi connectivity index (χ4n) is 1.90. The molecule has 0 saturated heterocycles. The molecule has 2 aromatic carbocycles. The number of hydrogen-bond donors (Lipinski definition) is 0. The molecule has 0 atom stereocenters. The quantitative estimate of drug-likeness (QED) is 0.674. The molecule has 0 N–H and O–H groups in total. The average molecular weight is 277 g/mol. The van der Waals surface area contributed by atoms with E-state index in [0.29, 0.717) is 0 Å². The van der Waals surface area contributed by atoms with Crippen molar-refractivity contribution in [2.75, 3.05) is 0 Å². The number of aromatic nitrogens is 1. The summed E-state index contributed by atoms with van der Waals surface area (Å²) >= 11 is 0. The van der Waals surface area contributed by atoms with Crippen LogP contribution in [0.1, 0.15) is 5.69 Å². The number of hydrogen-bond acceptors (Lipinski definition) is 3. The summed E-state index contributed by atoms with van der Waals surface area (Å²) in [7, 11) is 0. The Morgan fingerprint density at radius 2 is 1.29 bits per heavy atom. The van der Waals surface area contributed by atoms with Crippen molar-refractivity contribution in [3.63, 3.8) is 0 Å². The topological polar surface area (TPSA) is 31.4 Å². The van der Waals surface area contributed by atoms with E-state index in [1.165, 1.54) is 0 Å². The minimum Gasteiger partial charge on any atom is -0.457 e. The Balaban J connectivity index is 1.71. The number of benzene rings is 2. The smallest absolute Gasteiger partial charge is 0.148 e. The lowest BCUT2D eigenvalue weighted by Crippen LogP contribution is -1.90. The standard InChI is InChI=1S/C18H15NO2/c1-14-18(8-5-13-19-14)21-17-11-9-16(10-12-17)20-15-6-3-2-4-7-15/h2-13H,1H3. The van der Waals surface area contributed by atoms with E-state index in [4.69, 9.17) is 9.47 Å². The van der Waals surface area contributed by atoms with E-state index in [-0.39, 0.29) is 0 Å². The Morgan fingerprint density at radius 1 is 0.667 bits per heavy atom. The minimum absolute atomic E-state index is 0.756. The molecule has 3 rings (SSSR count). The van der Waals surface area contributed by atoms with Crippen molar-refractivity contribution in [1.82, 2.24) is 4.98 Å². The molecule has 3 nitrogen and oxygen atoms in total. The molecule has 21 heavy (non-hydrogen) atoms. The maximum Gasteiger partial charge on any atom is 0.148 e. The lowest BCUT2D eigenvalue weighted by molar-refractivity contribution is 0.465. The summed E-state index contributed by atoms with van der Waals surface area (Å²) in [6.07, 6.45) is 1.75. The van der Waals surface area contributed by atoms with E-state index in [2.05, 4.69) is 4.98 Å². The predicted octanol–water partition coefficient (Wildman–Crippen LogP) is 4.97. The summed E-state index contributed by atoms with van der Waals surface area (Å²) in [4.78, 5) is 4.20. The van der Waals surface area contributed by atoms with Crippen LogP contribution in [0.3, 0.4) is 0 Å². The van der Waals surface area contributed by atoms with Crippen LogP contribution in [0.4, 0.5) is 0 Å². The van der Waals surface area contributed by atoms with Gasteiger partial charge in [-0.2, -0.15) is 0 Å². The lowest BCUT2D eigenvalue weighted by Gasteiger charge is -2.09. The number of rotatable bonds is 4. The molecule has 0 aliphatic carbocycles. The van der Waals surface area contributed by atoms with Crippen LogP contribution in [0.5, 0.6) is 23.0 Å². The van der Waals surface area contributed by atoms with Crippen LogP contribution < -0.4 is 9.47 Å². The number of nitrogens with zero attached hydrogens (tertiary/aromatic N) is 1. The largest absolute Gasteiger partial charge is 0.457 e. The number of aryl methyl sites for hydroxylation is 1. The van der Waals surface area contributed by atoms with Crippen LogP contribution in [0.25, 0.3) is 0 Å². The van der Waals surface area contributed by atoms with Gasteiger partial charge in [-0.1, -0.05) is 18.2 Å². The van der Waals surface area contributed by atoms with Crippen LogP contribution in [0.15, 0.2) is 72.9 Å². The first-order valence-corrected chi connectivity index (χ1v) is 6.74. The summed E-state index contributed by atoms with van der Waals surface area (Å²) < 4.78 is 11.5. The lowest BCUT2D eigenvalue weighted by atomic mass is 10.3. The van der Waals surface area contributed by atoms with E-state index >= 15 is 0 Å². The zero-order chi connectivity index (χ0) is 14.5. The molecule has 0 spiro atoms. The molecule has 0 aliphatic rings. The highest BCUT2D eigenvalue weighted by molar-refractivity contribution is 5.38. The summed E-state index contributed by atoms with van der Waals surface area (Å²) in [5.41, 5.74) is 0.863. The second kappa shape index (κ2) is 6.09. The van der Waals surface area contributed by atoms with Crippen LogP contribution in [-0.4, -0.2) is 4.98 Å². The Kier molecular flexibility index (Phi) is 3.83. The van der Waals surface area contributed by atoms with E-state index in [0.717, 1.165) is 28.7 Å². The molecule has 0 unspecified atom stereocenters. The third kappa shape index (κ3) is 3.39. The fourth-order valence-corrected chi connectivity index (χ4v) is 1.90. The molecular formula is C18H15NO2. The maximum atomic E-state index is 5.80. The normalized spacial score (nSPS) is 10.1. The van der Waals surface area contributed by atoms with Crippen LogP contribution in [-0.2, 0) is 0 Å². The van der Waals surface area contributed by atoms with E-state index < -0.39 is 0 Å². The molecule has 104 valence electrons. The van der Waals surface area contributed by atoms with Crippen molar-refractivity contribution >= 4 is 0 Å². The Morgan fingerprint density at radius 3 is 1.95 bits per heavy atom. The number of pyridine rings is 1. The summed E-state index contributed by atoms with van der Waals surface area (Å²) in [6, 6.07) is 21.0. The Hall–Kier alpha value is -2.81. The van der Waals surface area contributed by atoms with Crippen molar-refractivity contribution in [3.8, 4) is 23.0 Å². The van der Waals surface area contributed by atoms with Crippen molar-refractivity contribution in [2.24, 2.45) is 0 Å². The molecule has 0 saturated carbocycles. The zero-order valence-electron chi connectivity index (χ0n) is 11.7. The first-order chi connectivity index (χ1) is 10.3. The molecule has 0 radical (unpaired) electrons. The SMILES string of the molecule is Cc1ncccc1Oc1ccc(Oc2ccccc2)cc1. The Labute approximate surface area is 123 Å². The van der Waals surface area contributed by atoms with Gasteiger partial charge in [0.2, 0.25) is 0 Å². The van der Waals surface area contributed by atoms with Crippen LogP contribution in [0.2, 0.25) is 0 Å². The van der Waals surface area contributed by atoms with Gasteiger partial charge >= 0.3 is 0 Å². The van der Waals surface area contributed by atoms with Crippen molar-refractivity contribution in [3.05, 3.63) is 78.6 Å². The summed E-state index contributed by atoms with van der Waals surface area (Å²) in [5.74, 6) is 3.10. The third-order valence-electron chi connectivity index (χ3n) is 2.99. The van der Waals surface area contributed by atoms with Gasteiger partial charge < -0.3 is 9.47 Å². The first kappa shape index (κ1) is 13.2. The first-order valence-electron chi connectivity index (χ1n) is 6.74. The van der Waals surface area contributed by atoms with Crippen LogP contribution in [0, 0.1) is 6.92 Å². The maximum absolute atomic E-state index is 5.80. The molecule has 1 aromatic heterocycles. The van der Waals surface area contributed by atoms with Gasteiger partial charge in [0, 0.05) is 6.20 Å². The van der Waals surface area contributed by atoms with E-state index in [1.807, 2.05) is 73.7 Å². The van der Waals surface area contributed by atoms with Gasteiger partial charge in [0.15, 0.2) is 0 Å². The summed E-state index contributed by atoms with van der Waals surface area (Å²) in [5, 5.41) is 0. The molecule has 0 aliphatic heterocycles. The minimum atomic E-state index is 0.756. The molecule has 0 amide bonds. The monoisotopic (exact) mass is 277 g/mol. The number of para-hydroxylation sites is 1. The van der Waals surface area contributed by atoms with Crippen molar-refractivity contribution in [1.29, 1.82) is 0 Å². The van der Waals surface area contributed by atoms with Crippen LogP contribution >= 0.6 is 0 Å². The zero-order valence-corrected chi connectivity index (χ0v) is 11.7. The predicted molar refractivity (Wildman–Crippen MR) is 82.0 cm³/mol. The van der Waals surface area contributed by atoms with Crippen molar-refractivity contribution < 1.29 is 9.47 Å². The van der Waals surface area contributed by atoms with Crippen molar-refractivity contribution in [2.45, 2.75) is 6.92 Å². The third-order valence-corrected chi connectivity index (χ3v) is 2.99. The van der Waals surface area contributed by atoms with Gasteiger partial charge in [0.05, 0.1) is 5.69 Å². The highest BCUT2D eigenvalue weighted by Crippen LogP contribution is 2.27. The summed E-state index contributed by atoms with van der Waals surface area (Å²) in [6.45, 7) is 1.92. The van der Waals surface area contributed by atoms with Gasteiger partial charge in [0.1, 0.15) is 23.0 Å². The van der Waals surface area contributed by atoms with Gasteiger partial charge in [-0.15, -0.1) is 0 Å². The molecule has 1 heterocycles. The van der Waals surface area contributed by atoms with E-state index in [9.17, 15) is 0 Å². The highest BCUT2D eigenvalue weighted by atomic mass is 16.5. The van der Waals surface area contributed by atoms with Gasteiger partial charge in [0.25, 0.3) is 0 Å². The Bertz CT molecular complexity index is 709. The van der Waals surface area contributed by atoms with Gasteiger partial charge in [-0.3, -0.25) is 4.98 Å².